The number of benzene rings is 2. The van der Waals surface area contributed by atoms with Crippen molar-refractivity contribution in [2.75, 3.05) is 32.2 Å². The number of hydrogen-bond acceptors (Lipinski definition) is 10. The number of anilines is 1. The Kier molecular flexibility index (Phi) is 10.4. The molecule has 0 atom stereocenters. The van der Waals surface area contributed by atoms with E-state index in [1.54, 1.807) is 0 Å². The lowest BCUT2D eigenvalue weighted by molar-refractivity contribution is 0.198. The molecule has 0 saturated carbocycles. The summed E-state index contributed by atoms with van der Waals surface area (Å²) < 4.78 is 13.6. The smallest absolute Gasteiger partial charge is 0.231 e. The van der Waals surface area contributed by atoms with Gasteiger partial charge < -0.3 is 14.1 Å². The van der Waals surface area contributed by atoms with Crippen LogP contribution >= 0.6 is 22.7 Å². The average Bonchev–Trinajstić information content (AvgIpc) is 3.49. The number of fused-ring (bicyclic) bond motifs is 1. The second-order valence-electron chi connectivity index (χ2n) is 11.1. The van der Waals surface area contributed by atoms with E-state index in [9.17, 15) is 0 Å². The first-order chi connectivity index (χ1) is 19.6. The molecular formula is C30H40N6O2S2Si. The molecule has 11 heteroatoms. The molecule has 0 unspecified atom stereocenters. The number of ether oxygens (including phenoxy) is 1. The number of nitrogens with zero attached hydrogens (tertiary/aromatic N) is 6. The minimum atomic E-state index is -1.87. The monoisotopic (exact) mass is 608 g/mol. The van der Waals surface area contributed by atoms with Crippen molar-refractivity contribution in [2.45, 2.75) is 58.2 Å². The molecule has 2 aromatic heterocycles. The van der Waals surface area contributed by atoms with E-state index in [-0.39, 0.29) is 0 Å². The first-order valence-electron chi connectivity index (χ1n) is 14.0. The molecule has 4 aromatic rings. The van der Waals surface area contributed by atoms with Crippen LogP contribution in [0.25, 0.3) is 9.53 Å². The zero-order chi connectivity index (χ0) is 29.6. The third-order valence-corrected chi connectivity index (χ3v) is 15.2. The minimum absolute atomic E-state index is 0.533. The predicted molar refractivity (Wildman–Crippen MR) is 176 cm³/mol. The summed E-state index contributed by atoms with van der Waals surface area (Å²) in [4.78, 5) is 7.51. The van der Waals surface area contributed by atoms with Gasteiger partial charge in [0.25, 0.3) is 0 Å². The molecule has 8 nitrogen and oxygen atoms in total. The third kappa shape index (κ3) is 7.65. The Morgan fingerprint density at radius 3 is 1.90 bits per heavy atom. The third-order valence-electron chi connectivity index (χ3n) is 7.19. The molecule has 41 heavy (non-hydrogen) atoms. The predicted octanol–water partition coefficient (Wildman–Crippen LogP) is 10.8. The summed E-state index contributed by atoms with van der Waals surface area (Å²) in [6, 6.07) is 17.6. The van der Waals surface area contributed by atoms with Gasteiger partial charge in [-0.05, 0) is 71.2 Å². The van der Waals surface area contributed by atoms with Gasteiger partial charge in [-0.2, -0.15) is 0 Å². The van der Waals surface area contributed by atoms with E-state index in [4.69, 9.17) is 9.16 Å². The van der Waals surface area contributed by atoms with E-state index in [2.05, 4.69) is 67.0 Å². The van der Waals surface area contributed by atoms with E-state index in [1.165, 1.54) is 22.7 Å². The molecule has 0 saturated heterocycles. The van der Waals surface area contributed by atoms with Gasteiger partial charge in [0.2, 0.25) is 5.13 Å². The summed E-state index contributed by atoms with van der Waals surface area (Å²) in [6.07, 6.45) is 0. The fraction of sp³-hybridized carbons (Fsp3) is 0.433. The Hall–Kier alpha value is -2.99. The van der Waals surface area contributed by atoms with Gasteiger partial charge in [-0.15, -0.1) is 20.5 Å². The maximum absolute atomic E-state index is 6.58. The van der Waals surface area contributed by atoms with Gasteiger partial charge in [0.05, 0.1) is 22.7 Å². The molecule has 218 valence electrons. The van der Waals surface area contributed by atoms with E-state index < -0.39 is 8.32 Å². The second-order valence-corrected chi connectivity index (χ2v) is 18.5. The van der Waals surface area contributed by atoms with Crippen molar-refractivity contribution in [3.05, 3.63) is 54.6 Å². The van der Waals surface area contributed by atoms with Crippen molar-refractivity contribution in [1.29, 1.82) is 0 Å². The first-order valence-corrected chi connectivity index (χ1v) is 17.7. The SMILES string of the molecule is CC(C)[Si](OCCOc1ccc(N=Nc2cc3sc(N=Nc4ccc(N(C)C)cc4)nc3s2)cc1)(C(C)C)C(C)C. The fourth-order valence-electron chi connectivity index (χ4n) is 5.32. The fourth-order valence-corrected chi connectivity index (χ4v) is 12.6. The van der Waals surface area contributed by atoms with Crippen molar-refractivity contribution in [3.8, 4) is 5.75 Å². The molecule has 4 rings (SSSR count). The summed E-state index contributed by atoms with van der Waals surface area (Å²) in [5.74, 6) is 0.801. The summed E-state index contributed by atoms with van der Waals surface area (Å²) in [7, 11) is 2.14. The Labute approximate surface area is 252 Å². The summed E-state index contributed by atoms with van der Waals surface area (Å²) in [5, 5.41) is 18.8. The van der Waals surface area contributed by atoms with Crippen molar-refractivity contribution in [2.24, 2.45) is 20.5 Å². The highest BCUT2D eigenvalue weighted by Gasteiger charge is 2.44. The van der Waals surface area contributed by atoms with Crippen LogP contribution in [0.15, 0.2) is 75.1 Å². The lowest BCUT2D eigenvalue weighted by Gasteiger charge is -2.42. The molecule has 0 aliphatic heterocycles. The largest absolute Gasteiger partial charge is 0.491 e. The number of rotatable bonds is 13. The maximum Gasteiger partial charge on any atom is 0.231 e. The van der Waals surface area contributed by atoms with E-state index >= 15 is 0 Å². The first kappa shape index (κ1) is 31.0. The molecule has 0 spiro atoms. The van der Waals surface area contributed by atoms with Crippen molar-refractivity contribution in [1.82, 2.24) is 4.98 Å². The lowest BCUT2D eigenvalue weighted by Crippen LogP contribution is -2.48. The van der Waals surface area contributed by atoms with Gasteiger partial charge in [0.1, 0.15) is 22.2 Å². The van der Waals surface area contributed by atoms with Gasteiger partial charge in [-0.1, -0.05) is 64.2 Å². The number of thiophene rings is 1. The van der Waals surface area contributed by atoms with Gasteiger partial charge in [-0.25, -0.2) is 4.98 Å². The van der Waals surface area contributed by atoms with Crippen LogP contribution < -0.4 is 9.64 Å². The van der Waals surface area contributed by atoms with Crippen LogP contribution in [0.2, 0.25) is 16.6 Å². The molecule has 2 heterocycles. The topological polar surface area (TPSA) is 84.0 Å². The molecule has 2 aromatic carbocycles. The van der Waals surface area contributed by atoms with Crippen molar-refractivity contribution in [3.63, 3.8) is 0 Å². The Balaban J connectivity index is 1.29. The van der Waals surface area contributed by atoms with Crippen LogP contribution in [-0.2, 0) is 4.43 Å². The Morgan fingerprint density at radius 1 is 0.756 bits per heavy atom. The molecule has 0 aliphatic carbocycles. The zero-order valence-electron chi connectivity index (χ0n) is 25.2. The Morgan fingerprint density at radius 2 is 1.34 bits per heavy atom. The second kappa shape index (κ2) is 13.8. The number of azo groups is 2. The molecule has 0 radical (unpaired) electrons. The molecule has 0 amide bonds. The van der Waals surface area contributed by atoms with Crippen molar-refractivity contribution >= 4 is 67.7 Å². The van der Waals surface area contributed by atoms with Crippen LogP contribution in [0, 0.1) is 0 Å². The van der Waals surface area contributed by atoms with E-state index in [1.807, 2.05) is 73.6 Å². The minimum Gasteiger partial charge on any atom is -0.491 e. The van der Waals surface area contributed by atoms with Gasteiger partial charge >= 0.3 is 0 Å². The standard InChI is InChI=1S/C30H40N6O2S2Si/c1-20(2)41(21(3)4,22(5)6)38-18-17-37-26-15-11-24(12-16-26)32-34-28-19-27-29(40-28)31-30(39-27)35-33-23-9-13-25(14-10-23)36(7)8/h9-16,19-22H,17-18H2,1-8H3. The highest BCUT2D eigenvalue weighted by Crippen LogP contribution is 2.42. The van der Waals surface area contributed by atoms with E-state index in [0.29, 0.717) is 35.0 Å². The van der Waals surface area contributed by atoms with Gasteiger partial charge in [-0.3, -0.25) is 0 Å². The summed E-state index contributed by atoms with van der Waals surface area (Å²) in [5.41, 5.74) is 4.36. The molecule has 0 bridgehead atoms. The highest BCUT2D eigenvalue weighted by molar-refractivity contribution is 7.30. The number of aromatic nitrogens is 1. The summed E-state index contributed by atoms with van der Waals surface area (Å²) in [6.45, 7) is 14.9. The van der Waals surface area contributed by atoms with Gasteiger partial charge in [0, 0.05) is 19.8 Å². The molecular weight excluding hydrogens is 569 g/mol. The van der Waals surface area contributed by atoms with Crippen LogP contribution in [0.4, 0.5) is 27.2 Å². The number of thiazole rings is 1. The van der Waals surface area contributed by atoms with Crippen LogP contribution in [0.5, 0.6) is 5.75 Å². The van der Waals surface area contributed by atoms with Crippen LogP contribution in [0.3, 0.4) is 0 Å². The molecule has 0 aliphatic rings. The highest BCUT2D eigenvalue weighted by atomic mass is 32.1. The normalized spacial score (nSPS) is 12.7. The summed E-state index contributed by atoms with van der Waals surface area (Å²) >= 11 is 2.97. The molecule has 0 N–H and O–H groups in total. The number of hydrogen-bond donors (Lipinski definition) is 0. The average molecular weight is 609 g/mol. The quantitative estimate of drug-likeness (QED) is 0.0858. The maximum atomic E-state index is 6.58. The molecule has 0 fully saturated rings. The van der Waals surface area contributed by atoms with Crippen molar-refractivity contribution < 1.29 is 9.16 Å². The lowest BCUT2D eigenvalue weighted by atomic mass is 10.3. The van der Waals surface area contributed by atoms with Crippen LogP contribution in [0.1, 0.15) is 41.5 Å². The van der Waals surface area contributed by atoms with Gasteiger partial charge in [0.15, 0.2) is 8.32 Å². The zero-order valence-corrected chi connectivity index (χ0v) is 27.8. The Bertz CT molecular complexity index is 1410. The van der Waals surface area contributed by atoms with Crippen LogP contribution in [-0.4, -0.2) is 40.6 Å². The van der Waals surface area contributed by atoms with E-state index in [0.717, 1.165) is 37.3 Å².